The van der Waals surface area contributed by atoms with Crippen LogP contribution in [-0.4, -0.2) is 120 Å². The lowest BCUT2D eigenvalue weighted by Gasteiger charge is -2.14. The number of aliphatic hydroxyl groups excluding tert-OH is 2. The first kappa shape index (κ1) is 35.3. The van der Waals surface area contributed by atoms with E-state index >= 15 is 0 Å². The van der Waals surface area contributed by atoms with Gasteiger partial charge in [0, 0.05) is 13.2 Å². The molecule has 2 N–H and O–H groups in total. The predicted octanol–water partition coefficient (Wildman–Crippen LogP) is -0.958. The van der Waals surface area contributed by atoms with Crippen molar-refractivity contribution in [1.29, 1.82) is 0 Å². The van der Waals surface area contributed by atoms with Gasteiger partial charge >= 0.3 is 11.3 Å². The summed E-state index contributed by atoms with van der Waals surface area (Å²) in [5, 5.41) is 60.1. The van der Waals surface area contributed by atoms with Gasteiger partial charge in [-0.2, -0.15) is 0 Å². The Hall–Kier alpha value is -2.72. The molecule has 0 amide bonds. The molecule has 0 aromatic rings. The highest BCUT2D eigenvalue weighted by Crippen LogP contribution is 2.12. The van der Waals surface area contributed by atoms with Crippen molar-refractivity contribution in [3.63, 3.8) is 0 Å². The summed E-state index contributed by atoms with van der Waals surface area (Å²) in [7, 11) is 0. The Morgan fingerprint density at radius 2 is 1.26 bits per heavy atom. The summed E-state index contributed by atoms with van der Waals surface area (Å²) in [5.74, 6) is 0. The first-order valence-electron chi connectivity index (χ1n) is 11.2. The number of unbranched alkanes of at least 4 members (excludes halogenated alkanes) is 1. The second-order valence-electron chi connectivity index (χ2n) is 8.25. The first-order valence-corrected chi connectivity index (χ1v) is 11.2. The van der Waals surface area contributed by atoms with Crippen LogP contribution in [0.15, 0.2) is 0 Å². The molecule has 0 aliphatic carbocycles. The van der Waals surface area contributed by atoms with Crippen LogP contribution in [0.5, 0.6) is 0 Å². The molecule has 1 fully saturated rings. The third-order valence-electron chi connectivity index (χ3n) is 4.68. The van der Waals surface area contributed by atoms with E-state index in [9.17, 15) is 45.6 Å². The Morgan fingerprint density at radius 1 is 0.816 bits per heavy atom. The largest absolute Gasteiger partial charge is 0.478 e. The lowest BCUT2D eigenvalue weighted by molar-refractivity contribution is -0.794. The summed E-state index contributed by atoms with van der Waals surface area (Å²) < 4.78 is 29.2. The maximum atomic E-state index is 10.6. The third-order valence-corrected chi connectivity index (χ3v) is 4.68. The molecule has 0 saturated carbocycles. The van der Waals surface area contributed by atoms with Gasteiger partial charge in [-0.1, -0.05) is 0 Å². The van der Waals surface area contributed by atoms with Gasteiger partial charge in [-0.3, -0.25) is 40.5 Å². The van der Waals surface area contributed by atoms with Crippen molar-refractivity contribution in [3.8, 4) is 0 Å². The fraction of sp³-hybridized carbons (Fsp3) is 1.00. The zero-order chi connectivity index (χ0) is 29.2. The minimum Gasteiger partial charge on any atom is -0.396 e. The van der Waals surface area contributed by atoms with Gasteiger partial charge < -0.3 is 38.6 Å². The molecule has 2 unspecified atom stereocenters. The monoisotopic (exact) mass is 562 g/mol. The van der Waals surface area contributed by atoms with Crippen molar-refractivity contribution in [2.45, 2.75) is 50.2 Å². The number of nitro groups is 4. The Bertz CT molecular complexity index is 709. The molecular weight excluding hydrogens is 528 g/mol. The van der Waals surface area contributed by atoms with Crippen molar-refractivity contribution < 1.29 is 58.3 Å². The van der Waals surface area contributed by atoms with Crippen LogP contribution in [0.25, 0.3) is 0 Å². The summed E-state index contributed by atoms with van der Waals surface area (Å²) in [5.41, 5.74) is -4.77. The van der Waals surface area contributed by atoms with Crippen LogP contribution in [-0.2, 0) is 28.4 Å². The van der Waals surface area contributed by atoms with Gasteiger partial charge in [0.15, 0.2) is 13.2 Å². The van der Waals surface area contributed by atoms with E-state index in [-0.39, 0.29) is 32.7 Å². The average molecular weight is 562 g/mol. The normalized spacial score (nSPS) is 15.7. The van der Waals surface area contributed by atoms with Gasteiger partial charge in [0.1, 0.15) is 45.5 Å². The van der Waals surface area contributed by atoms with Crippen LogP contribution < -0.4 is 0 Å². The van der Waals surface area contributed by atoms with Crippen LogP contribution in [0.1, 0.15) is 26.7 Å². The second-order valence-corrected chi connectivity index (χ2v) is 8.25. The van der Waals surface area contributed by atoms with Crippen molar-refractivity contribution in [1.82, 2.24) is 0 Å². The van der Waals surface area contributed by atoms with Gasteiger partial charge in [-0.15, -0.1) is 0 Å². The number of hydrogen-bond donors (Lipinski definition) is 2. The Morgan fingerprint density at radius 3 is 1.68 bits per heavy atom. The highest BCUT2D eigenvalue weighted by Gasteiger charge is 2.51. The zero-order valence-corrected chi connectivity index (χ0v) is 21.0. The number of ether oxygens (including phenoxy) is 6. The molecule has 20 nitrogen and oxygen atoms in total. The Balaban J connectivity index is 0.000000755. The van der Waals surface area contributed by atoms with Gasteiger partial charge in [0.2, 0.25) is 0 Å². The number of aliphatic hydroxyl groups is 2. The van der Waals surface area contributed by atoms with Crippen LogP contribution in [0.2, 0.25) is 0 Å². The summed E-state index contributed by atoms with van der Waals surface area (Å²) in [4.78, 5) is 38.1. The SMILES string of the molecule is CC(COCOCC(O)COCCCCO)([N+](=O)[O-])[N+](=O)[O-].CC(COCOCC1CO1)([N+](=O)[O-])[N+](=O)[O-]. The average Bonchev–Trinajstić information content (AvgIpc) is 3.67. The van der Waals surface area contributed by atoms with E-state index in [4.69, 9.17) is 33.5 Å². The first-order chi connectivity index (χ1) is 17.8. The summed E-state index contributed by atoms with van der Waals surface area (Å²) in [6.07, 6.45) is 0.441. The van der Waals surface area contributed by atoms with E-state index in [1.54, 1.807) is 0 Å². The van der Waals surface area contributed by atoms with Crippen molar-refractivity contribution in [3.05, 3.63) is 40.5 Å². The molecule has 1 aliphatic heterocycles. The minimum atomic E-state index is -2.43. The number of epoxide rings is 1. The molecule has 1 heterocycles. The summed E-state index contributed by atoms with van der Waals surface area (Å²) in [6, 6.07) is 0. The van der Waals surface area contributed by atoms with Crippen LogP contribution in [0.3, 0.4) is 0 Å². The van der Waals surface area contributed by atoms with E-state index in [1.807, 2.05) is 0 Å². The van der Waals surface area contributed by atoms with E-state index in [0.717, 1.165) is 13.8 Å². The smallest absolute Gasteiger partial charge is 0.396 e. The topological polar surface area (TPSA) is 272 Å². The van der Waals surface area contributed by atoms with Gasteiger partial charge in [-0.25, -0.2) is 0 Å². The van der Waals surface area contributed by atoms with Crippen LogP contribution >= 0.6 is 0 Å². The molecule has 0 aromatic carbocycles. The zero-order valence-electron chi connectivity index (χ0n) is 21.0. The highest BCUT2D eigenvalue weighted by atomic mass is 16.7. The fourth-order valence-electron chi connectivity index (χ4n) is 2.04. The number of nitrogens with zero attached hydrogens (tertiary/aromatic N) is 4. The van der Waals surface area contributed by atoms with E-state index < -0.39 is 57.1 Å². The Kier molecular flexibility index (Phi) is 17.2. The molecule has 0 aromatic heterocycles. The molecule has 1 saturated heterocycles. The van der Waals surface area contributed by atoms with E-state index in [0.29, 0.717) is 32.7 Å². The lowest BCUT2D eigenvalue weighted by atomic mass is 10.2. The molecule has 222 valence electrons. The fourth-order valence-corrected chi connectivity index (χ4v) is 2.04. The van der Waals surface area contributed by atoms with Crippen molar-refractivity contribution in [2.75, 3.05) is 66.4 Å². The van der Waals surface area contributed by atoms with Crippen molar-refractivity contribution >= 4 is 0 Å². The molecule has 0 bridgehead atoms. The molecule has 0 spiro atoms. The minimum absolute atomic E-state index is 0.0347. The van der Waals surface area contributed by atoms with Crippen molar-refractivity contribution in [2.24, 2.45) is 0 Å². The van der Waals surface area contributed by atoms with Crippen LogP contribution in [0, 0.1) is 40.5 Å². The standard InChI is InChI=1S/C11H22N2O9.C7H12N2O7/c1-11(12(16)17,13(18)19)8-22-9-21-7-10(15)6-20-5-3-2-4-14;1-7(8(10)11,9(12)13)4-15-5-14-2-6-3-16-6/h10,14-15H,2-9H2,1H3;6H,2-5H2,1H3. The molecule has 2 atom stereocenters. The molecular formula is C18H34N4O16. The van der Waals surface area contributed by atoms with E-state index in [1.165, 1.54) is 0 Å². The third kappa shape index (κ3) is 14.3. The summed E-state index contributed by atoms with van der Waals surface area (Å²) in [6.45, 7) is 1.03. The van der Waals surface area contributed by atoms with Gasteiger partial charge in [0.05, 0.1) is 40.3 Å². The summed E-state index contributed by atoms with van der Waals surface area (Å²) >= 11 is 0. The Labute approximate surface area is 216 Å². The van der Waals surface area contributed by atoms with Crippen LogP contribution in [0.4, 0.5) is 0 Å². The van der Waals surface area contributed by atoms with E-state index in [2.05, 4.69) is 0 Å². The lowest BCUT2D eigenvalue weighted by Crippen LogP contribution is -2.47. The highest BCUT2D eigenvalue weighted by molar-refractivity contribution is 4.66. The number of hydrogen-bond acceptors (Lipinski definition) is 16. The maximum absolute atomic E-state index is 10.6. The quantitative estimate of drug-likeness (QED) is 0.0528. The van der Waals surface area contributed by atoms with Gasteiger partial charge in [0.25, 0.3) is 0 Å². The molecule has 0 radical (unpaired) electrons. The maximum Gasteiger partial charge on any atom is 0.478 e. The number of rotatable bonds is 22. The molecule has 20 heteroatoms. The second kappa shape index (κ2) is 18.5. The molecule has 38 heavy (non-hydrogen) atoms. The van der Waals surface area contributed by atoms with Gasteiger partial charge in [-0.05, 0) is 12.8 Å². The predicted molar refractivity (Wildman–Crippen MR) is 121 cm³/mol. The molecule has 1 rings (SSSR count). The molecule has 1 aliphatic rings.